The van der Waals surface area contributed by atoms with Crippen LogP contribution in [0.4, 0.5) is 0 Å². The Morgan fingerprint density at radius 2 is 2.08 bits per heavy atom. The number of furan rings is 1. The average molecular weight is 336 g/mol. The molecule has 2 fully saturated rings. The molecule has 3 rings (SSSR count). The van der Waals surface area contributed by atoms with Crippen LogP contribution >= 0.6 is 0 Å². The summed E-state index contributed by atoms with van der Waals surface area (Å²) in [5.41, 5.74) is 0. The number of rotatable bonds is 5. The van der Waals surface area contributed by atoms with Gasteiger partial charge in [-0.3, -0.25) is 9.69 Å². The van der Waals surface area contributed by atoms with Gasteiger partial charge in [-0.05, 0) is 37.9 Å². The number of ether oxygens (including phenoxy) is 1. The van der Waals surface area contributed by atoms with Crippen LogP contribution in [0.3, 0.4) is 0 Å². The van der Waals surface area contributed by atoms with Crippen LogP contribution in [0.25, 0.3) is 0 Å². The van der Waals surface area contributed by atoms with E-state index in [-0.39, 0.29) is 11.9 Å². The number of hydrogen-bond donors (Lipinski definition) is 1. The maximum atomic E-state index is 12.6. The molecule has 1 aromatic rings. The zero-order valence-electron chi connectivity index (χ0n) is 14.2. The first-order valence-corrected chi connectivity index (χ1v) is 9.05. The van der Waals surface area contributed by atoms with E-state index in [0.29, 0.717) is 45.0 Å². The van der Waals surface area contributed by atoms with Crippen LogP contribution in [-0.2, 0) is 9.53 Å². The lowest BCUT2D eigenvalue weighted by molar-refractivity contribution is -0.137. The van der Waals surface area contributed by atoms with E-state index in [9.17, 15) is 9.90 Å². The predicted molar refractivity (Wildman–Crippen MR) is 89.5 cm³/mol. The van der Waals surface area contributed by atoms with Crippen LogP contribution in [0, 0.1) is 0 Å². The van der Waals surface area contributed by atoms with Gasteiger partial charge in [0.15, 0.2) is 0 Å². The predicted octanol–water partition coefficient (Wildman–Crippen LogP) is 1.81. The molecule has 2 aliphatic heterocycles. The minimum absolute atomic E-state index is 0.178. The van der Waals surface area contributed by atoms with Crippen LogP contribution in [0.2, 0.25) is 0 Å². The van der Waals surface area contributed by atoms with Gasteiger partial charge in [0, 0.05) is 19.1 Å². The Bertz CT molecular complexity index is 499. The van der Waals surface area contributed by atoms with Crippen molar-refractivity contribution in [3.63, 3.8) is 0 Å². The van der Waals surface area contributed by atoms with Crippen molar-refractivity contribution in [2.45, 2.75) is 44.2 Å². The fourth-order valence-corrected chi connectivity index (χ4v) is 3.65. The first-order chi connectivity index (χ1) is 11.7. The smallest absolute Gasteiger partial charge is 0.236 e. The Kier molecular flexibility index (Phi) is 6.29. The summed E-state index contributed by atoms with van der Waals surface area (Å²) < 4.78 is 10.6. The summed E-state index contributed by atoms with van der Waals surface area (Å²) in [5, 5.41) is 10.4. The fourth-order valence-electron chi connectivity index (χ4n) is 3.65. The normalized spacial score (nSPS) is 24.5. The number of aliphatic hydroxyl groups excluding tert-OH is 1. The van der Waals surface area contributed by atoms with Crippen molar-refractivity contribution in [1.29, 1.82) is 0 Å². The molecule has 1 amide bonds. The first-order valence-electron chi connectivity index (χ1n) is 9.05. The standard InChI is InChI=1S/C18H28N2O4/c21-16(17-6-4-10-24-17)13-15-5-2-1-3-7-20(15)14-18(22)19-8-11-23-12-9-19/h4,6,10,15-16,21H,1-3,5,7-9,11-14H2/t15-,16-/m1/s1. The van der Waals surface area contributed by atoms with E-state index in [1.807, 2.05) is 11.0 Å². The van der Waals surface area contributed by atoms with Crippen LogP contribution < -0.4 is 0 Å². The molecule has 2 atom stereocenters. The van der Waals surface area contributed by atoms with Crippen LogP contribution in [0.15, 0.2) is 22.8 Å². The molecule has 0 unspecified atom stereocenters. The third-order valence-electron chi connectivity index (χ3n) is 5.07. The van der Waals surface area contributed by atoms with Gasteiger partial charge in [0.2, 0.25) is 5.91 Å². The highest BCUT2D eigenvalue weighted by Gasteiger charge is 2.28. The van der Waals surface area contributed by atoms with Gasteiger partial charge in [0.05, 0.1) is 26.0 Å². The van der Waals surface area contributed by atoms with E-state index in [4.69, 9.17) is 9.15 Å². The maximum absolute atomic E-state index is 12.6. The Labute approximate surface area is 143 Å². The molecule has 1 N–H and O–H groups in total. The van der Waals surface area contributed by atoms with E-state index in [0.717, 1.165) is 25.8 Å². The molecule has 0 spiro atoms. The summed E-state index contributed by atoms with van der Waals surface area (Å²) in [6.45, 7) is 4.00. The molecule has 24 heavy (non-hydrogen) atoms. The molecule has 1 aromatic heterocycles. The zero-order valence-corrected chi connectivity index (χ0v) is 14.2. The number of nitrogens with zero attached hydrogens (tertiary/aromatic N) is 2. The molecule has 6 heteroatoms. The topological polar surface area (TPSA) is 66.2 Å². The van der Waals surface area contributed by atoms with Crippen LogP contribution in [0.1, 0.15) is 44.0 Å². The lowest BCUT2D eigenvalue weighted by Crippen LogP contribution is -2.48. The summed E-state index contributed by atoms with van der Waals surface area (Å²) in [4.78, 5) is 16.7. The second kappa shape index (κ2) is 8.65. The molecule has 3 heterocycles. The Balaban J connectivity index is 1.60. The second-order valence-corrected chi connectivity index (χ2v) is 6.73. The van der Waals surface area contributed by atoms with E-state index in [1.54, 1.807) is 12.3 Å². The maximum Gasteiger partial charge on any atom is 0.236 e. The Hall–Kier alpha value is -1.37. The van der Waals surface area contributed by atoms with Gasteiger partial charge in [-0.2, -0.15) is 0 Å². The van der Waals surface area contributed by atoms with Gasteiger partial charge >= 0.3 is 0 Å². The molecule has 0 radical (unpaired) electrons. The molecule has 2 saturated heterocycles. The van der Waals surface area contributed by atoms with Gasteiger partial charge in [-0.15, -0.1) is 0 Å². The van der Waals surface area contributed by atoms with Gasteiger partial charge in [0.25, 0.3) is 0 Å². The van der Waals surface area contributed by atoms with Gasteiger partial charge in [-0.25, -0.2) is 0 Å². The minimum Gasteiger partial charge on any atom is -0.467 e. The first kappa shape index (κ1) is 17.5. The van der Waals surface area contributed by atoms with Gasteiger partial charge in [-0.1, -0.05) is 12.8 Å². The quantitative estimate of drug-likeness (QED) is 0.888. The van der Waals surface area contributed by atoms with Crippen molar-refractivity contribution in [2.75, 3.05) is 39.4 Å². The molecular formula is C18H28N2O4. The molecule has 0 bridgehead atoms. The van der Waals surface area contributed by atoms with E-state index in [1.165, 1.54) is 6.42 Å². The van der Waals surface area contributed by atoms with Crippen molar-refractivity contribution in [3.8, 4) is 0 Å². The molecule has 2 aliphatic rings. The Morgan fingerprint density at radius 3 is 2.83 bits per heavy atom. The summed E-state index contributed by atoms with van der Waals surface area (Å²) in [5.74, 6) is 0.788. The molecule has 0 aromatic carbocycles. The number of amides is 1. The Morgan fingerprint density at radius 1 is 1.25 bits per heavy atom. The van der Waals surface area contributed by atoms with Crippen molar-refractivity contribution in [2.24, 2.45) is 0 Å². The SMILES string of the molecule is O=C(CN1CCCCC[C@@H]1C[C@@H](O)c1ccco1)N1CCOCC1. The molecule has 134 valence electrons. The summed E-state index contributed by atoms with van der Waals surface area (Å²) in [6.07, 6.45) is 6.07. The van der Waals surface area contributed by atoms with Crippen molar-refractivity contribution >= 4 is 5.91 Å². The van der Waals surface area contributed by atoms with E-state index < -0.39 is 6.10 Å². The fraction of sp³-hybridized carbons (Fsp3) is 0.722. The van der Waals surface area contributed by atoms with E-state index in [2.05, 4.69) is 4.90 Å². The molecular weight excluding hydrogens is 308 g/mol. The van der Waals surface area contributed by atoms with Crippen molar-refractivity contribution < 1.29 is 19.1 Å². The minimum atomic E-state index is -0.607. The van der Waals surface area contributed by atoms with Gasteiger partial charge < -0.3 is 19.2 Å². The van der Waals surface area contributed by atoms with E-state index >= 15 is 0 Å². The number of likely N-dealkylation sites (tertiary alicyclic amines) is 1. The lowest BCUT2D eigenvalue weighted by Gasteiger charge is -2.34. The monoisotopic (exact) mass is 336 g/mol. The third kappa shape index (κ3) is 4.59. The third-order valence-corrected chi connectivity index (χ3v) is 5.07. The van der Waals surface area contributed by atoms with Gasteiger partial charge in [0.1, 0.15) is 11.9 Å². The number of carbonyl (C=O) groups is 1. The summed E-state index contributed by atoms with van der Waals surface area (Å²) >= 11 is 0. The van der Waals surface area contributed by atoms with Crippen LogP contribution in [-0.4, -0.2) is 66.2 Å². The molecule has 0 aliphatic carbocycles. The van der Waals surface area contributed by atoms with Crippen molar-refractivity contribution in [1.82, 2.24) is 9.80 Å². The molecule has 0 saturated carbocycles. The number of morpholine rings is 1. The summed E-state index contributed by atoms with van der Waals surface area (Å²) in [6, 6.07) is 3.83. The van der Waals surface area contributed by atoms with Crippen LogP contribution in [0.5, 0.6) is 0 Å². The number of aliphatic hydroxyl groups is 1. The highest BCUT2D eigenvalue weighted by molar-refractivity contribution is 5.78. The average Bonchev–Trinajstić information content (AvgIpc) is 3.07. The lowest BCUT2D eigenvalue weighted by atomic mass is 10.0. The number of hydrogen-bond acceptors (Lipinski definition) is 5. The second-order valence-electron chi connectivity index (χ2n) is 6.73. The highest BCUT2D eigenvalue weighted by Crippen LogP contribution is 2.26. The highest BCUT2D eigenvalue weighted by atomic mass is 16.5. The zero-order chi connectivity index (χ0) is 16.8. The largest absolute Gasteiger partial charge is 0.467 e. The molecule has 6 nitrogen and oxygen atoms in total. The summed E-state index contributed by atoms with van der Waals surface area (Å²) in [7, 11) is 0. The van der Waals surface area contributed by atoms with Crippen molar-refractivity contribution in [3.05, 3.63) is 24.2 Å². The number of carbonyl (C=O) groups excluding carboxylic acids is 1.